The maximum Gasteiger partial charge on any atom is 0.000811 e. The van der Waals surface area contributed by atoms with E-state index in [0.717, 1.165) is 41.5 Å². The van der Waals surface area contributed by atoms with Gasteiger partial charge in [0, 0.05) is 6.54 Å². The minimum absolute atomic E-state index is 0.724. The fourth-order valence-corrected chi connectivity index (χ4v) is 8.07. The third kappa shape index (κ3) is 6.96. The largest absolute Gasteiger partial charge is 0.317 e. The maximum atomic E-state index is 3.90. The van der Waals surface area contributed by atoms with Gasteiger partial charge in [-0.1, -0.05) is 58.3 Å². The molecule has 0 aromatic heterocycles. The highest BCUT2D eigenvalue weighted by Gasteiger charge is 2.50. The third-order valence-corrected chi connectivity index (χ3v) is 9.34. The van der Waals surface area contributed by atoms with Crippen LogP contribution >= 0.6 is 0 Å². The van der Waals surface area contributed by atoms with Gasteiger partial charge in [-0.3, -0.25) is 0 Å². The molecular formula is C28H52N2. The minimum atomic E-state index is 0.724. The quantitative estimate of drug-likeness (QED) is 0.251. The Morgan fingerprint density at radius 3 is 1.63 bits per heavy atom. The normalized spacial score (nSPS) is 36.5. The van der Waals surface area contributed by atoms with Gasteiger partial charge in [0.2, 0.25) is 0 Å². The molecule has 2 nitrogen and oxygen atoms in total. The molecule has 0 unspecified atom stereocenters. The predicted octanol–water partition coefficient (Wildman–Crippen LogP) is 6.94. The van der Waals surface area contributed by atoms with Crippen molar-refractivity contribution in [3.05, 3.63) is 0 Å². The average molecular weight is 417 g/mol. The molecule has 30 heavy (non-hydrogen) atoms. The third-order valence-electron chi connectivity index (χ3n) is 9.34. The lowest BCUT2D eigenvalue weighted by Crippen LogP contribution is -2.50. The van der Waals surface area contributed by atoms with Crippen molar-refractivity contribution in [2.75, 3.05) is 26.2 Å². The maximum absolute atomic E-state index is 3.90. The lowest BCUT2D eigenvalue weighted by molar-refractivity contribution is -0.0512. The topological polar surface area (TPSA) is 24.1 Å². The second-order valence-corrected chi connectivity index (χ2v) is 12.1. The number of hydrogen-bond acceptors (Lipinski definition) is 2. The van der Waals surface area contributed by atoms with Crippen molar-refractivity contribution in [3.63, 3.8) is 0 Å². The van der Waals surface area contributed by atoms with Gasteiger partial charge in [-0.15, -0.1) is 0 Å². The van der Waals surface area contributed by atoms with Crippen molar-refractivity contribution in [2.24, 2.45) is 35.0 Å². The van der Waals surface area contributed by atoms with Crippen LogP contribution in [0.3, 0.4) is 0 Å². The van der Waals surface area contributed by atoms with E-state index in [0.29, 0.717) is 0 Å². The summed E-state index contributed by atoms with van der Waals surface area (Å²) in [4.78, 5) is 0. The summed E-state index contributed by atoms with van der Waals surface area (Å²) in [6.45, 7) is 7.17. The monoisotopic (exact) mass is 416 g/mol. The van der Waals surface area contributed by atoms with E-state index in [2.05, 4.69) is 17.6 Å². The molecule has 4 bridgehead atoms. The molecule has 174 valence electrons. The Labute approximate surface area is 188 Å². The van der Waals surface area contributed by atoms with Gasteiger partial charge in [-0.05, 0) is 112 Å². The summed E-state index contributed by atoms with van der Waals surface area (Å²) in [5.74, 6) is 5.54. The van der Waals surface area contributed by atoms with Gasteiger partial charge in [0.05, 0.1) is 0 Å². The van der Waals surface area contributed by atoms with Crippen LogP contribution in [0.1, 0.15) is 116 Å². The number of rotatable bonds is 17. The predicted molar refractivity (Wildman–Crippen MR) is 130 cm³/mol. The highest BCUT2D eigenvalue weighted by Crippen LogP contribution is 2.59. The first-order valence-corrected chi connectivity index (χ1v) is 14.2. The molecule has 5 rings (SSSR count). The van der Waals surface area contributed by atoms with Crippen LogP contribution in [0.5, 0.6) is 0 Å². The van der Waals surface area contributed by atoms with Crippen molar-refractivity contribution in [2.45, 2.75) is 116 Å². The highest BCUT2D eigenvalue weighted by molar-refractivity contribution is 5.02. The van der Waals surface area contributed by atoms with Crippen molar-refractivity contribution in [1.29, 1.82) is 0 Å². The first-order valence-electron chi connectivity index (χ1n) is 14.2. The number of unbranched alkanes of at least 4 members (excludes halogenated alkanes) is 6. The first-order chi connectivity index (χ1) is 14.8. The van der Waals surface area contributed by atoms with Crippen LogP contribution in [0.25, 0.3) is 0 Å². The van der Waals surface area contributed by atoms with Crippen LogP contribution in [0.4, 0.5) is 0 Å². The van der Waals surface area contributed by atoms with E-state index in [1.54, 1.807) is 44.9 Å². The Bertz CT molecular complexity index is 452. The minimum Gasteiger partial charge on any atom is -0.317 e. The van der Waals surface area contributed by atoms with Crippen LogP contribution in [0.15, 0.2) is 0 Å². The Kier molecular flexibility index (Phi) is 9.00. The van der Waals surface area contributed by atoms with Gasteiger partial charge in [0.15, 0.2) is 0 Å². The Morgan fingerprint density at radius 1 is 0.600 bits per heavy atom. The molecule has 0 amide bonds. The van der Waals surface area contributed by atoms with E-state index in [4.69, 9.17) is 0 Å². The average Bonchev–Trinajstić information content (AvgIpc) is 3.46. The Morgan fingerprint density at radius 2 is 1.10 bits per heavy atom. The van der Waals surface area contributed by atoms with Gasteiger partial charge >= 0.3 is 0 Å². The number of hydrogen-bond donors (Lipinski definition) is 2. The zero-order valence-electron chi connectivity index (χ0n) is 20.2. The first kappa shape index (κ1) is 23.1. The van der Waals surface area contributed by atoms with Crippen molar-refractivity contribution < 1.29 is 0 Å². The molecule has 5 fully saturated rings. The van der Waals surface area contributed by atoms with Crippen LogP contribution in [0.2, 0.25) is 0 Å². The Hall–Kier alpha value is -0.0800. The molecule has 0 aliphatic heterocycles. The van der Waals surface area contributed by atoms with Gasteiger partial charge in [0.25, 0.3) is 0 Å². The fraction of sp³-hybridized carbons (Fsp3) is 1.00. The van der Waals surface area contributed by atoms with Crippen LogP contribution < -0.4 is 10.6 Å². The summed E-state index contributed by atoms with van der Waals surface area (Å²) in [6, 6.07) is 0. The second-order valence-electron chi connectivity index (χ2n) is 12.1. The van der Waals surface area contributed by atoms with Gasteiger partial charge < -0.3 is 10.6 Å². The van der Waals surface area contributed by atoms with E-state index in [-0.39, 0.29) is 0 Å². The van der Waals surface area contributed by atoms with Gasteiger partial charge in [-0.2, -0.15) is 0 Å². The summed E-state index contributed by atoms with van der Waals surface area (Å²) in [5.41, 5.74) is 0.724. The second kappa shape index (κ2) is 11.7. The van der Waals surface area contributed by atoms with E-state index in [1.807, 2.05) is 0 Å². The zero-order valence-corrected chi connectivity index (χ0v) is 20.2. The SMILES string of the molecule is CCNCCCCCC[C@H]1C[C@H]1CCCCCCNCC12CC3CC(CC(C3)C1)C2. The van der Waals surface area contributed by atoms with Gasteiger partial charge in [-0.25, -0.2) is 0 Å². The molecule has 5 saturated carbocycles. The van der Waals surface area contributed by atoms with E-state index >= 15 is 0 Å². The van der Waals surface area contributed by atoms with Crippen LogP contribution in [-0.2, 0) is 0 Å². The molecule has 0 heterocycles. The molecular weight excluding hydrogens is 364 g/mol. The lowest BCUT2D eigenvalue weighted by Gasteiger charge is -2.57. The summed E-state index contributed by atoms with van der Waals surface area (Å²) in [7, 11) is 0. The standard InChI is InChI=1S/C28H52N2/c1-2-29-13-9-5-3-7-11-26-18-27(26)12-8-4-6-10-14-30-22-28-19-23-15-24(20-28)17-25(16-23)21-28/h23-27,29-30H,2-22H2,1H3/t23?,24?,25?,26-,27+,28?/m0/s1. The van der Waals surface area contributed by atoms with Crippen molar-refractivity contribution in [1.82, 2.24) is 10.6 Å². The highest BCUT2D eigenvalue weighted by atomic mass is 14.9. The molecule has 0 saturated heterocycles. The summed E-state index contributed by atoms with van der Waals surface area (Å²) in [6.07, 6.45) is 25.6. The molecule has 0 radical (unpaired) electrons. The van der Waals surface area contributed by atoms with Crippen molar-refractivity contribution in [3.8, 4) is 0 Å². The van der Waals surface area contributed by atoms with Gasteiger partial charge in [0.1, 0.15) is 0 Å². The molecule has 0 aromatic rings. The van der Waals surface area contributed by atoms with E-state index in [1.165, 1.54) is 83.8 Å². The van der Waals surface area contributed by atoms with Crippen LogP contribution in [0, 0.1) is 35.0 Å². The molecule has 0 aromatic carbocycles. The summed E-state index contributed by atoms with van der Waals surface area (Å²) in [5, 5.41) is 7.34. The Balaban J connectivity index is 0.927. The van der Waals surface area contributed by atoms with Crippen molar-refractivity contribution >= 4 is 0 Å². The molecule has 0 spiro atoms. The fourth-order valence-electron chi connectivity index (χ4n) is 8.07. The molecule has 5 aliphatic rings. The summed E-state index contributed by atoms with van der Waals surface area (Å²) < 4.78 is 0. The molecule has 5 aliphatic carbocycles. The smallest absolute Gasteiger partial charge is 0.000811 e. The summed E-state index contributed by atoms with van der Waals surface area (Å²) >= 11 is 0. The lowest BCUT2D eigenvalue weighted by atomic mass is 9.49. The zero-order chi connectivity index (χ0) is 20.7. The molecule has 2 heteroatoms. The molecule has 2 atom stereocenters. The molecule has 2 N–H and O–H groups in total. The van der Waals surface area contributed by atoms with E-state index in [9.17, 15) is 0 Å². The number of nitrogens with one attached hydrogen (secondary N) is 2. The van der Waals surface area contributed by atoms with E-state index < -0.39 is 0 Å². The van der Waals surface area contributed by atoms with Crippen LogP contribution in [-0.4, -0.2) is 26.2 Å².